The molecule has 0 saturated heterocycles. The molecule has 0 unspecified atom stereocenters. The van der Waals surface area contributed by atoms with Crippen molar-refractivity contribution in [2.75, 3.05) is 0 Å². The minimum atomic E-state index is -0.0493. The van der Waals surface area contributed by atoms with Crippen molar-refractivity contribution in [1.29, 1.82) is 0 Å². The smallest absolute Gasteiger partial charge is 0.292 e. The molecule has 1 N–H and O–H groups in total. The zero-order valence-corrected chi connectivity index (χ0v) is 20.1. The van der Waals surface area contributed by atoms with E-state index in [2.05, 4.69) is 48.5 Å². The Morgan fingerprint density at radius 3 is 2.59 bits per heavy atom. The van der Waals surface area contributed by atoms with Gasteiger partial charge in [0.25, 0.3) is 0 Å². The van der Waals surface area contributed by atoms with Crippen LogP contribution in [0.15, 0.2) is 82.5 Å². The van der Waals surface area contributed by atoms with Gasteiger partial charge in [-0.1, -0.05) is 49.7 Å². The average molecular weight is 516 g/mol. The van der Waals surface area contributed by atoms with Crippen LogP contribution in [0.3, 0.4) is 0 Å². The molecule has 0 radical (unpaired) electrons. The number of nitrogens with zero attached hydrogens (tertiary/aromatic N) is 6. The Morgan fingerprint density at radius 2 is 1.85 bits per heavy atom. The number of hydrogen-bond donors (Lipinski definition) is 1. The second-order valence-corrected chi connectivity index (χ2v) is 8.78. The highest BCUT2D eigenvalue weighted by Gasteiger charge is 2.15. The topological polar surface area (TPSA) is 94.3 Å². The first kappa shape index (κ1) is 22.0. The summed E-state index contributed by atoms with van der Waals surface area (Å²) in [4.78, 5) is 17.6. The summed E-state index contributed by atoms with van der Waals surface area (Å²) in [6.45, 7) is 2.62. The number of halogens is 1. The molecule has 34 heavy (non-hydrogen) atoms. The Kier molecular flexibility index (Phi) is 6.18. The zero-order chi connectivity index (χ0) is 23.5. The van der Waals surface area contributed by atoms with Crippen molar-refractivity contribution in [2.24, 2.45) is 0 Å². The van der Waals surface area contributed by atoms with Gasteiger partial charge in [0.2, 0.25) is 0 Å². The minimum absolute atomic E-state index is 0.0493. The van der Waals surface area contributed by atoms with Gasteiger partial charge >= 0.3 is 5.69 Å². The van der Waals surface area contributed by atoms with E-state index < -0.39 is 0 Å². The van der Waals surface area contributed by atoms with Crippen LogP contribution >= 0.6 is 15.9 Å². The SMILES string of the molecule is CCCc1cn(-c2ccccc2Br)c(=O)n1Cc1ccc(-c2cnccc2-c2nnn[nH]2)cc1. The molecule has 0 fully saturated rings. The van der Waals surface area contributed by atoms with Gasteiger partial charge in [0.05, 0.1) is 12.2 Å². The molecule has 5 aromatic rings. The van der Waals surface area contributed by atoms with Gasteiger partial charge in [0.1, 0.15) is 0 Å². The third-order valence-electron chi connectivity index (χ3n) is 5.71. The number of para-hydroxylation sites is 1. The predicted molar refractivity (Wildman–Crippen MR) is 134 cm³/mol. The number of tetrazole rings is 1. The molecule has 2 aromatic carbocycles. The van der Waals surface area contributed by atoms with Crippen LogP contribution in [-0.4, -0.2) is 34.7 Å². The molecule has 170 valence electrons. The van der Waals surface area contributed by atoms with E-state index in [9.17, 15) is 4.79 Å². The zero-order valence-electron chi connectivity index (χ0n) is 18.5. The fourth-order valence-electron chi connectivity index (χ4n) is 4.05. The van der Waals surface area contributed by atoms with Crippen LogP contribution < -0.4 is 5.69 Å². The lowest BCUT2D eigenvalue weighted by Crippen LogP contribution is -2.25. The van der Waals surface area contributed by atoms with E-state index in [1.165, 1.54) is 0 Å². The maximum atomic E-state index is 13.4. The Bertz CT molecular complexity index is 1470. The Hall–Kier alpha value is -3.85. The van der Waals surface area contributed by atoms with Gasteiger partial charge in [-0.15, -0.1) is 5.10 Å². The third kappa shape index (κ3) is 4.22. The quantitative estimate of drug-likeness (QED) is 0.340. The number of aryl methyl sites for hydroxylation is 1. The molecule has 0 amide bonds. The lowest BCUT2D eigenvalue weighted by Gasteiger charge is -2.10. The second-order valence-electron chi connectivity index (χ2n) is 7.93. The molecule has 8 nitrogen and oxygen atoms in total. The van der Waals surface area contributed by atoms with Gasteiger partial charge in [0, 0.05) is 39.9 Å². The van der Waals surface area contributed by atoms with Crippen molar-refractivity contribution in [2.45, 2.75) is 26.3 Å². The van der Waals surface area contributed by atoms with Gasteiger partial charge in [-0.2, -0.15) is 0 Å². The number of rotatable bonds is 7. The minimum Gasteiger partial charge on any atom is -0.292 e. The van der Waals surface area contributed by atoms with E-state index >= 15 is 0 Å². The third-order valence-corrected chi connectivity index (χ3v) is 6.38. The van der Waals surface area contributed by atoms with Gasteiger partial charge in [-0.05, 0) is 62.1 Å². The molecule has 0 aliphatic heterocycles. The normalized spacial score (nSPS) is 11.1. The number of pyridine rings is 1. The van der Waals surface area contributed by atoms with Crippen molar-refractivity contribution >= 4 is 15.9 Å². The number of imidazole rings is 1. The van der Waals surface area contributed by atoms with E-state index in [-0.39, 0.29) is 5.69 Å². The van der Waals surface area contributed by atoms with Gasteiger partial charge in [-0.25, -0.2) is 9.89 Å². The molecule has 0 saturated carbocycles. The Labute approximate surface area is 204 Å². The van der Waals surface area contributed by atoms with E-state index in [4.69, 9.17) is 0 Å². The van der Waals surface area contributed by atoms with Gasteiger partial charge < -0.3 is 0 Å². The number of aromatic nitrogens is 7. The van der Waals surface area contributed by atoms with Crippen LogP contribution in [0.2, 0.25) is 0 Å². The van der Waals surface area contributed by atoms with E-state index in [1.54, 1.807) is 17.0 Å². The molecule has 0 spiro atoms. The van der Waals surface area contributed by atoms with Crippen molar-refractivity contribution in [1.82, 2.24) is 34.7 Å². The van der Waals surface area contributed by atoms with Crippen molar-refractivity contribution in [3.05, 3.63) is 99.4 Å². The average Bonchev–Trinajstić information content (AvgIpc) is 3.50. The van der Waals surface area contributed by atoms with E-state index in [0.717, 1.165) is 50.9 Å². The van der Waals surface area contributed by atoms with Gasteiger partial charge in [0.15, 0.2) is 5.82 Å². The van der Waals surface area contributed by atoms with Crippen molar-refractivity contribution in [3.8, 4) is 28.2 Å². The Balaban J connectivity index is 1.48. The summed E-state index contributed by atoms with van der Waals surface area (Å²) in [5, 5.41) is 14.2. The molecule has 9 heteroatoms. The molecule has 0 aliphatic carbocycles. The van der Waals surface area contributed by atoms with Crippen molar-refractivity contribution < 1.29 is 0 Å². The molecule has 3 heterocycles. The lowest BCUT2D eigenvalue weighted by atomic mass is 10.0. The summed E-state index contributed by atoms with van der Waals surface area (Å²) in [5.74, 6) is 0.589. The van der Waals surface area contributed by atoms with Crippen molar-refractivity contribution in [3.63, 3.8) is 0 Å². The highest BCUT2D eigenvalue weighted by molar-refractivity contribution is 9.10. The predicted octanol–water partition coefficient (Wildman–Crippen LogP) is 4.64. The second kappa shape index (κ2) is 9.56. The fourth-order valence-corrected chi connectivity index (χ4v) is 4.52. The maximum Gasteiger partial charge on any atom is 0.333 e. The first-order valence-corrected chi connectivity index (χ1v) is 11.8. The highest BCUT2D eigenvalue weighted by Crippen LogP contribution is 2.29. The number of benzene rings is 2. The highest BCUT2D eigenvalue weighted by atomic mass is 79.9. The first-order valence-electron chi connectivity index (χ1n) is 11.0. The molecule has 0 bridgehead atoms. The first-order chi connectivity index (χ1) is 16.7. The molecule has 5 rings (SSSR count). The van der Waals surface area contributed by atoms with Crippen LogP contribution in [0.1, 0.15) is 24.6 Å². The summed E-state index contributed by atoms with van der Waals surface area (Å²) in [7, 11) is 0. The number of H-pyrrole nitrogens is 1. The molecular weight excluding hydrogens is 494 g/mol. The number of hydrogen-bond acceptors (Lipinski definition) is 5. The van der Waals surface area contributed by atoms with Crippen LogP contribution in [0.5, 0.6) is 0 Å². The monoisotopic (exact) mass is 515 g/mol. The summed E-state index contributed by atoms with van der Waals surface area (Å²) in [6.07, 6.45) is 7.25. The molecule has 0 atom stereocenters. The Morgan fingerprint density at radius 1 is 1.03 bits per heavy atom. The van der Waals surface area contributed by atoms with Gasteiger partial charge in [-0.3, -0.25) is 14.1 Å². The van der Waals surface area contributed by atoms with Crippen LogP contribution in [0.25, 0.3) is 28.2 Å². The summed E-state index contributed by atoms with van der Waals surface area (Å²) in [5.41, 5.74) is 5.64. The fraction of sp³-hybridized carbons (Fsp3) is 0.160. The van der Waals surface area contributed by atoms with E-state index in [0.29, 0.717) is 12.4 Å². The standard InChI is InChI=1S/C25H22BrN7O/c1-2-5-19-16-33(23-7-4-3-6-22(23)26)25(34)32(19)15-17-8-10-18(11-9-17)21-14-27-13-12-20(21)24-28-30-31-29-24/h3-4,6-14,16H,2,5,15H2,1H3,(H,28,29,30,31). The summed E-state index contributed by atoms with van der Waals surface area (Å²) in [6, 6.07) is 17.8. The molecule has 3 aromatic heterocycles. The van der Waals surface area contributed by atoms with Crippen LogP contribution in [-0.2, 0) is 13.0 Å². The number of aromatic amines is 1. The van der Waals surface area contributed by atoms with Crippen LogP contribution in [0.4, 0.5) is 0 Å². The largest absolute Gasteiger partial charge is 0.333 e. The maximum absolute atomic E-state index is 13.4. The lowest BCUT2D eigenvalue weighted by molar-refractivity contribution is 0.691. The molecule has 0 aliphatic rings. The summed E-state index contributed by atoms with van der Waals surface area (Å²) >= 11 is 3.57. The number of nitrogens with one attached hydrogen (secondary N) is 1. The van der Waals surface area contributed by atoms with Crippen LogP contribution in [0, 0.1) is 0 Å². The van der Waals surface area contributed by atoms with E-state index in [1.807, 2.05) is 65.4 Å². The summed E-state index contributed by atoms with van der Waals surface area (Å²) < 4.78 is 4.46. The molecular formula is C25H22BrN7O.